The van der Waals surface area contributed by atoms with Gasteiger partial charge in [-0.25, -0.2) is 0 Å². The van der Waals surface area contributed by atoms with E-state index in [1.54, 1.807) is 12.3 Å². The molecule has 0 aliphatic rings. The van der Waals surface area contributed by atoms with Gasteiger partial charge in [0.25, 0.3) is 0 Å². The fourth-order valence-electron chi connectivity index (χ4n) is 0.806. The number of carbonyl (C=O) groups excluding carboxylic acids is 1. The van der Waals surface area contributed by atoms with E-state index in [-0.39, 0.29) is 12.4 Å². The van der Waals surface area contributed by atoms with Crippen LogP contribution in [0.2, 0.25) is 0 Å². The molecule has 0 aliphatic heterocycles. The maximum absolute atomic E-state index is 11.0. The number of nitrogens with zero attached hydrogens (tertiary/aromatic N) is 1. The molecular weight excluding hydrogens is 156 g/mol. The molecule has 0 fully saturated rings. The summed E-state index contributed by atoms with van der Waals surface area (Å²) in [4.78, 5) is 11.0. The zero-order valence-electron chi connectivity index (χ0n) is 7.04. The van der Waals surface area contributed by atoms with E-state index in [1.165, 1.54) is 0 Å². The highest BCUT2D eigenvalue weighted by atomic mass is 16.5. The summed E-state index contributed by atoms with van der Waals surface area (Å²) >= 11 is 0. The molecule has 0 aromatic carbocycles. The second-order valence-corrected chi connectivity index (χ2v) is 2.48. The van der Waals surface area contributed by atoms with Gasteiger partial charge in [-0.15, -0.1) is 0 Å². The number of ether oxygens (including phenoxy) is 1. The molecule has 4 heteroatoms. The van der Waals surface area contributed by atoms with Gasteiger partial charge in [-0.05, 0) is 12.5 Å². The van der Waals surface area contributed by atoms with E-state index in [4.69, 9.17) is 4.74 Å². The van der Waals surface area contributed by atoms with Crippen LogP contribution >= 0.6 is 0 Å². The normalized spacial score (nSPS) is 9.75. The molecule has 1 rings (SSSR count). The first-order valence-electron chi connectivity index (χ1n) is 3.96. The van der Waals surface area contributed by atoms with Crippen molar-refractivity contribution in [3.8, 4) is 0 Å². The van der Waals surface area contributed by atoms with Crippen LogP contribution in [0.25, 0.3) is 0 Å². The Balaban J connectivity index is 2.27. The van der Waals surface area contributed by atoms with Gasteiger partial charge in [0.2, 0.25) is 0 Å². The maximum atomic E-state index is 11.0. The lowest BCUT2D eigenvalue weighted by Gasteiger charge is -2.00. The van der Waals surface area contributed by atoms with Crippen molar-refractivity contribution in [1.29, 1.82) is 0 Å². The molecule has 1 aromatic rings. The van der Waals surface area contributed by atoms with E-state index in [9.17, 15) is 4.79 Å². The van der Waals surface area contributed by atoms with Crippen LogP contribution in [-0.4, -0.2) is 22.8 Å². The van der Waals surface area contributed by atoms with Gasteiger partial charge in [0.15, 0.2) is 0 Å². The van der Waals surface area contributed by atoms with Crippen molar-refractivity contribution >= 4 is 5.97 Å². The van der Waals surface area contributed by atoms with Gasteiger partial charge in [0, 0.05) is 11.9 Å². The highest BCUT2D eigenvalue weighted by molar-refractivity contribution is 5.71. The second kappa shape index (κ2) is 4.54. The van der Waals surface area contributed by atoms with E-state index >= 15 is 0 Å². The third-order valence-electron chi connectivity index (χ3n) is 1.36. The van der Waals surface area contributed by atoms with Gasteiger partial charge in [-0.1, -0.05) is 6.92 Å². The monoisotopic (exact) mass is 168 g/mol. The Labute approximate surface area is 70.9 Å². The Hall–Kier alpha value is -1.32. The number of hydrogen-bond donors (Lipinski definition) is 1. The quantitative estimate of drug-likeness (QED) is 0.680. The van der Waals surface area contributed by atoms with Gasteiger partial charge in [0.1, 0.15) is 0 Å². The Kier molecular flexibility index (Phi) is 3.32. The Morgan fingerprint density at radius 1 is 1.75 bits per heavy atom. The fraction of sp³-hybridized carbons (Fsp3) is 0.500. The third-order valence-corrected chi connectivity index (χ3v) is 1.36. The molecule has 0 bridgehead atoms. The van der Waals surface area contributed by atoms with Crippen molar-refractivity contribution in [3.63, 3.8) is 0 Å². The number of aromatic amines is 1. The Bertz CT molecular complexity index is 231. The number of aromatic nitrogens is 2. The first kappa shape index (κ1) is 8.77. The van der Waals surface area contributed by atoms with E-state index in [0.29, 0.717) is 6.61 Å². The van der Waals surface area contributed by atoms with Gasteiger partial charge < -0.3 is 4.74 Å². The van der Waals surface area contributed by atoms with Crippen LogP contribution in [0.15, 0.2) is 12.3 Å². The summed E-state index contributed by atoms with van der Waals surface area (Å²) in [6.45, 7) is 2.45. The summed E-state index contributed by atoms with van der Waals surface area (Å²) in [7, 11) is 0. The van der Waals surface area contributed by atoms with Crippen molar-refractivity contribution in [2.75, 3.05) is 6.61 Å². The predicted octanol–water partition coefficient (Wildman–Crippen LogP) is 0.905. The van der Waals surface area contributed by atoms with E-state index < -0.39 is 0 Å². The molecule has 0 saturated carbocycles. The van der Waals surface area contributed by atoms with Gasteiger partial charge in [0.05, 0.1) is 13.0 Å². The van der Waals surface area contributed by atoms with Gasteiger partial charge in [-0.3, -0.25) is 9.89 Å². The minimum absolute atomic E-state index is 0.207. The lowest BCUT2D eigenvalue weighted by atomic mass is 10.3. The first-order valence-corrected chi connectivity index (χ1v) is 3.96. The Morgan fingerprint density at radius 2 is 2.58 bits per heavy atom. The summed E-state index contributed by atoms with van der Waals surface area (Å²) in [6.07, 6.45) is 2.75. The highest BCUT2D eigenvalue weighted by Crippen LogP contribution is 1.95. The van der Waals surface area contributed by atoms with Gasteiger partial charge in [-0.2, -0.15) is 5.10 Å². The maximum Gasteiger partial charge on any atom is 0.311 e. The molecule has 0 spiro atoms. The number of nitrogens with one attached hydrogen (secondary N) is 1. The van der Waals surface area contributed by atoms with Crippen molar-refractivity contribution in [2.24, 2.45) is 0 Å². The number of carbonyl (C=O) groups is 1. The molecule has 1 N–H and O–H groups in total. The summed E-state index contributed by atoms with van der Waals surface area (Å²) < 4.78 is 4.88. The average molecular weight is 168 g/mol. The third kappa shape index (κ3) is 2.74. The molecule has 12 heavy (non-hydrogen) atoms. The average Bonchev–Trinajstić information content (AvgIpc) is 2.53. The lowest BCUT2D eigenvalue weighted by Crippen LogP contribution is -2.08. The predicted molar refractivity (Wildman–Crippen MR) is 43.5 cm³/mol. The highest BCUT2D eigenvalue weighted by Gasteiger charge is 2.03. The van der Waals surface area contributed by atoms with Crippen molar-refractivity contribution < 1.29 is 9.53 Å². The second-order valence-electron chi connectivity index (χ2n) is 2.48. The van der Waals surface area contributed by atoms with E-state index in [1.807, 2.05) is 6.92 Å². The smallest absolute Gasteiger partial charge is 0.311 e. The van der Waals surface area contributed by atoms with Gasteiger partial charge >= 0.3 is 5.97 Å². The summed E-state index contributed by atoms with van der Waals surface area (Å²) in [6, 6.07) is 1.76. The molecule has 0 atom stereocenters. The van der Waals surface area contributed by atoms with Crippen molar-refractivity contribution in [1.82, 2.24) is 10.2 Å². The van der Waals surface area contributed by atoms with Crippen LogP contribution in [0.4, 0.5) is 0 Å². The molecule has 0 radical (unpaired) electrons. The SMILES string of the molecule is CCCOC(=O)Cc1ccn[nH]1. The van der Waals surface area contributed by atoms with Crippen LogP contribution in [-0.2, 0) is 16.0 Å². The molecule has 0 aliphatic carbocycles. The van der Waals surface area contributed by atoms with Crippen LogP contribution in [0.3, 0.4) is 0 Å². The molecule has 0 saturated heterocycles. The zero-order chi connectivity index (χ0) is 8.81. The van der Waals surface area contributed by atoms with Crippen molar-refractivity contribution in [2.45, 2.75) is 19.8 Å². The largest absolute Gasteiger partial charge is 0.465 e. The molecule has 4 nitrogen and oxygen atoms in total. The van der Waals surface area contributed by atoms with Crippen LogP contribution in [0.5, 0.6) is 0 Å². The molecule has 0 unspecified atom stereocenters. The minimum atomic E-state index is -0.207. The van der Waals surface area contributed by atoms with E-state index in [2.05, 4.69) is 10.2 Å². The molecule has 1 aromatic heterocycles. The Morgan fingerprint density at radius 3 is 3.17 bits per heavy atom. The molecular formula is C8H12N2O2. The standard InChI is InChI=1S/C8H12N2O2/c1-2-5-12-8(11)6-7-3-4-9-10-7/h3-4H,2,5-6H2,1H3,(H,9,10). The first-order chi connectivity index (χ1) is 5.83. The minimum Gasteiger partial charge on any atom is -0.465 e. The van der Waals surface area contributed by atoms with Crippen molar-refractivity contribution in [3.05, 3.63) is 18.0 Å². The number of rotatable bonds is 4. The topological polar surface area (TPSA) is 55.0 Å². The fourth-order valence-corrected chi connectivity index (χ4v) is 0.806. The molecule has 66 valence electrons. The van der Waals surface area contributed by atoms with E-state index in [0.717, 1.165) is 12.1 Å². The number of H-pyrrole nitrogens is 1. The molecule has 0 amide bonds. The van der Waals surface area contributed by atoms with Crippen LogP contribution in [0, 0.1) is 0 Å². The molecule has 1 heterocycles. The lowest BCUT2D eigenvalue weighted by molar-refractivity contribution is -0.142. The summed E-state index contributed by atoms with van der Waals surface area (Å²) in [5, 5.41) is 6.42. The summed E-state index contributed by atoms with van der Waals surface area (Å²) in [5.41, 5.74) is 0.788. The number of esters is 1. The van der Waals surface area contributed by atoms with Crippen LogP contribution < -0.4 is 0 Å². The zero-order valence-corrected chi connectivity index (χ0v) is 7.04. The summed E-state index contributed by atoms with van der Waals surface area (Å²) in [5.74, 6) is -0.207. The van der Waals surface area contributed by atoms with Crippen LogP contribution in [0.1, 0.15) is 19.0 Å². The number of hydrogen-bond acceptors (Lipinski definition) is 3.